The lowest BCUT2D eigenvalue weighted by molar-refractivity contribution is 0.698. The van der Waals surface area contributed by atoms with E-state index in [0.29, 0.717) is 0 Å². The topological polar surface area (TPSA) is 37.8 Å². The average Bonchev–Trinajstić information content (AvgIpc) is 2.72. The monoisotopic (exact) mass is 219 g/mol. The highest BCUT2D eigenvalue weighted by Gasteiger charge is 2.13. The molecule has 0 saturated heterocycles. The number of thiazole rings is 1. The molecule has 0 aliphatic heterocycles. The summed E-state index contributed by atoms with van der Waals surface area (Å²) in [5, 5.41) is 3.28. The first-order valence-corrected chi connectivity index (χ1v) is 5.66. The van der Waals surface area contributed by atoms with Gasteiger partial charge in [0.1, 0.15) is 0 Å². The van der Waals surface area contributed by atoms with E-state index < -0.39 is 0 Å². The van der Waals surface area contributed by atoms with E-state index in [0.717, 1.165) is 0 Å². The van der Waals surface area contributed by atoms with E-state index >= 15 is 0 Å². The van der Waals surface area contributed by atoms with Gasteiger partial charge >= 0.3 is 0 Å². The summed E-state index contributed by atoms with van der Waals surface area (Å²) in [6.07, 6.45) is 5.66. The second-order valence-electron chi connectivity index (χ2n) is 3.42. The fourth-order valence-corrected chi connectivity index (χ4v) is 2.33. The Hall–Kier alpha value is -1.26. The smallest absolute Gasteiger partial charge is 0.0794 e. The van der Waals surface area contributed by atoms with Crippen LogP contribution < -0.4 is 5.32 Å². The van der Waals surface area contributed by atoms with Crippen molar-refractivity contribution in [3.8, 4) is 0 Å². The van der Waals surface area contributed by atoms with Crippen molar-refractivity contribution in [2.75, 3.05) is 7.05 Å². The Morgan fingerprint density at radius 1 is 1.27 bits per heavy atom. The lowest BCUT2D eigenvalue weighted by Gasteiger charge is -2.14. The van der Waals surface area contributed by atoms with Crippen LogP contribution in [0.2, 0.25) is 0 Å². The van der Waals surface area contributed by atoms with Crippen LogP contribution in [0.4, 0.5) is 0 Å². The highest BCUT2D eigenvalue weighted by atomic mass is 32.1. The molecule has 3 nitrogen and oxygen atoms in total. The van der Waals surface area contributed by atoms with E-state index in [2.05, 4.69) is 28.3 Å². The maximum atomic E-state index is 4.21. The van der Waals surface area contributed by atoms with Crippen LogP contribution in [-0.4, -0.2) is 17.0 Å². The van der Waals surface area contributed by atoms with Crippen LogP contribution in [0.5, 0.6) is 0 Å². The molecule has 0 fully saturated rings. The molecule has 2 aromatic heterocycles. The Balaban J connectivity index is 2.35. The first kappa shape index (κ1) is 10.3. The summed E-state index contributed by atoms with van der Waals surface area (Å²) in [6, 6.07) is 2.35. The maximum absolute atomic E-state index is 4.21. The van der Waals surface area contributed by atoms with Gasteiger partial charge in [0.15, 0.2) is 0 Å². The standard InChI is InChI=1S/C11H13N3S/c1-8-3-9(5-13-4-8)11(12-2)10-6-14-7-15-10/h3-7,11-12H,1-2H3. The summed E-state index contributed by atoms with van der Waals surface area (Å²) in [5.74, 6) is 0. The second-order valence-corrected chi connectivity index (χ2v) is 4.34. The molecule has 0 bridgehead atoms. The van der Waals surface area contributed by atoms with Crippen LogP contribution in [0.3, 0.4) is 0 Å². The molecule has 78 valence electrons. The van der Waals surface area contributed by atoms with Gasteiger partial charge in [-0.05, 0) is 25.1 Å². The molecular formula is C11H13N3S. The van der Waals surface area contributed by atoms with E-state index in [-0.39, 0.29) is 6.04 Å². The van der Waals surface area contributed by atoms with Crippen molar-refractivity contribution in [2.45, 2.75) is 13.0 Å². The summed E-state index contributed by atoms with van der Waals surface area (Å²) in [7, 11) is 1.95. The van der Waals surface area contributed by atoms with E-state index in [1.165, 1.54) is 16.0 Å². The van der Waals surface area contributed by atoms with E-state index in [9.17, 15) is 0 Å². The van der Waals surface area contributed by atoms with Gasteiger partial charge in [0, 0.05) is 23.5 Å². The van der Waals surface area contributed by atoms with Crippen LogP contribution >= 0.6 is 11.3 Å². The van der Waals surface area contributed by atoms with Crippen molar-refractivity contribution in [3.63, 3.8) is 0 Å². The van der Waals surface area contributed by atoms with Crippen molar-refractivity contribution in [1.29, 1.82) is 0 Å². The summed E-state index contributed by atoms with van der Waals surface area (Å²) in [4.78, 5) is 9.52. The third kappa shape index (κ3) is 2.22. The largest absolute Gasteiger partial charge is 0.309 e. The van der Waals surface area contributed by atoms with Gasteiger partial charge in [-0.2, -0.15) is 0 Å². The SMILES string of the molecule is CNC(c1cncc(C)c1)c1cncs1. The molecule has 4 heteroatoms. The molecule has 1 atom stereocenters. The number of pyridine rings is 1. The minimum Gasteiger partial charge on any atom is -0.309 e. The Morgan fingerprint density at radius 2 is 2.13 bits per heavy atom. The Bertz CT molecular complexity index is 425. The fraction of sp³-hybridized carbons (Fsp3) is 0.273. The average molecular weight is 219 g/mol. The Labute approximate surface area is 93.2 Å². The predicted octanol–water partition coefficient (Wildman–Crippen LogP) is 2.16. The molecule has 0 amide bonds. The number of hydrogen-bond donors (Lipinski definition) is 1. The van der Waals surface area contributed by atoms with Crippen molar-refractivity contribution in [1.82, 2.24) is 15.3 Å². The number of rotatable bonds is 3. The number of aryl methyl sites for hydroxylation is 1. The third-order valence-corrected chi connectivity index (χ3v) is 3.09. The zero-order chi connectivity index (χ0) is 10.7. The van der Waals surface area contributed by atoms with Gasteiger partial charge in [0.25, 0.3) is 0 Å². The molecule has 0 radical (unpaired) electrons. The molecule has 2 aromatic rings. The van der Waals surface area contributed by atoms with Crippen molar-refractivity contribution in [3.05, 3.63) is 46.2 Å². The number of nitrogens with one attached hydrogen (secondary N) is 1. The molecular weight excluding hydrogens is 206 g/mol. The molecule has 0 aromatic carbocycles. The van der Waals surface area contributed by atoms with Gasteiger partial charge < -0.3 is 5.32 Å². The van der Waals surface area contributed by atoms with Crippen molar-refractivity contribution in [2.24, 2.45) is 0 Å². The highest BCUT2D eigenvalue weighted by Crippen LogP contribution is 2.24. The number of hydrogen-bond acceptors (Lipinski definition) is 4. The first-order chi connectivity index (χ1) is 7.31. The van der Waals surface area contributed by atoms with Crippen LogP contribution in [-0.2, 0) is 0 Å². The molecule has 0 aliphatic carbocycles. The number of aromatic nitrogens is 2. The number of nitrogens with zero attached hydrogens (tertiary/aromatic N) is 2. The van der Waals surface area contributed by atoms with Gasteiger partial charge in [-0.15, -0.1) is 11.3 Å². The summed E-state index contributed by atoms with van der Waals surface area (Å²) < 4.78 is 0. The zero-order valence-electron chi connectivity index (χ0n) is 8.77. The van der Waals surface area contributed by atoms with E-state index in [4.69, 9.17) is 0 Å². The molecule has 1 N–H and O–H groups in total. The van der Waals surface area contributed by atoms with Gasteiger partial charge in [-0.25, -0.2) is 0 Å². The molecule has 2 rings (SSSR count). The van der Waals surface area contributed by atoms with Crippen molar-refractivity contribution >= 4 is 11.3 Å². The van der Waals surface area contributed by atoms with Crippen LogP contribution in [0, 0.1) is 6.92 Å². The maximum Gasteiger partial charge on any atom is 0.0794 e. The quantitative estimate of drug-likeness (QED) is 0.859. The first-order valence-electron chi connectivity index (χ1n) is 4.78. The van der Waals surface area contributed by atoms with Gasteiger partial charge in [0.2, 0.25) is 0 Å². The van der Waals surface area contributed by atoms with E-state index in [1.54, 1.807) is 11.3 Å². The summed E-state index contributed by atoms with van der Waals surface area (Å²) >= 11 is 1.65. The predicted molar refractivity (Wildman–Crippen MR) is 62.0 cm³/mol. The van der Waals surface area contributed by atoms with Gasteiger partial charge in [-0.3, -0.25) is 9.97 Å². The minimum atomic E-state index is 0.199. The summed E-state index contributed by atoms with van der Waals surface area (Å²) in [5.41, 5.74) is 4.21. The summed E-state index contributed by atoms with van der Waals surface area (Å²) in [6.45, 7) is 2.05. The molecule has 1 unspecified atom stereocenters. The lowest BCUT2D eigenvalue weighted by Crippen LogP contribution is -2.16. The Morgan fingerprint density at radius 3 is 2.73 bits per heavy atom. The van der Waals surface area contributed by atoms with Gasteiger partial charge in [0.05, 0.1) is 11.6 Å². The highest BCUT2D eigenvalue weighted by molar-refractivity contribution is 7.09. The molecule has 0 aliphatic rings. The molecule has 2 heterocycles. The molecule has 0 saturated carbocycles. The minimum absolute atomic E-state index is 0.199. The zero-order valence-corrected chi connectivity index (χ0v) is 9.58. The second kappa shape index (κ2) is 4.51. The molecule has 0 spiro atoms. The van der Waals surface area contributed by atoms with Crippen LogP contribution in [0.1, 0.15) is 22.0 Å². The van der Waals surface area contributed by atoms with Crippen LogP contribution in [0.25, 0.3) is 0 Å². The van der Waals surface area contributed by atoms with Crippen molar-refractivity contribution < 1.29 is 0 Å². The molecule has 15 heavy (non-hydrogen) atoms. The third-order valence-electron chi connectivity index (χ3n) is 2.25. The fourth-order valence-electron chi connectivity index (χ4n) is 1.58. The normalized spacial score (nSPS) is 12.7. The lowest BCUT2D eigenvalue weighted by atomic mass is 10.1. The Kier molecular flexibility index (Phi) is 3.08. The van der Waals surface area contributed by atoms with Crippen LogP contribution in [0.15, 0.2) is 30.2 Å². The van der Waals surface area contributed by atoms with E-state index in [1.807, 2.05) is 31.1 Å². The van der Waals surface area contributed by atoms with Gasteiger partial charge in [-0.1, -0.05) is 6.07 Å².